The van der Waals surface area contributed by atoms with Crippen LogP contribution in [0.3, 0.4) is 0 Å². The maximum Gasteiger partial charge on any atom is 0.329 e. The highest BCUT2D eigenvalue weighted by molar-refractivity contribution is 8.59. The molecule has 0 heterocycles. The third kappa shape index (κ3) is 3.79. The molecule has 0 aliphatic heterocycles. The number of carbonyl (C=O) groups excluding carboxylic acids is 2. The highest BCUT2D eigenvalue weighted by atomic mass is 33.1. The van der Waals surface area contributed by atoms with Crippen molar-refractivity contribution >= 4 is 34.3 Å². The molecule has 0 spiro atoms. The van der Waals surface area contributed by atoms with Crippen LogP contribution >= 0.6 is 10.8 Å². The summed E-state index contributed by atoms with van der Waals surface area (Å²) in [6.45, 7) is 4.91. The molecule has 6 heteroatoms. The second kappa shape index (κ2) is 5.50. The van der Waals surface area contributed by atoms with Crippen LogP contribution in [0.2, 0.25) is 0 Å². The van der Waals surface area contributed by atoms with E-state index in [4.69, 9.17) is 11.7 Å². The summed E-state index contributed by atoms with van der Waals surface area (Å²) in [7, 11) is 2.37. The lowest BCUT2D eigenvalue weighted by molar-refractivity contribution is -0.145. The summed E-state index contributed by atoms with van der Waals surface area (Å²) in [5.41, 5.74) is 0. The minimum atomic E-state index is -0.715. The number of hydrogen-bond donors (Lipinski definition) is 1. The Morgan fingerprint density at radius 3 is 2.29 bits per heavy atom. The van der Waals surface area contributed by atoms with Crippen molar-refractivity contribution in [3.63, 3.8) is 0 Å². The van der Waals surface area contributed by atoms with Crippen LogP contribution in [0.1, 0.15) is 20.8 Å². The summed E-state index contributed by atoms with van der Waals surface area (Å²) in [6, 6.07) is -0.715. The second-order valence-electron chi connectivity index (χ2n) is 3.34. The Balaban J connectivity index is 4.71. The van der Waals surface area contributed by atoms with Crippen LogP contribution in [0, 0.1) is 0 Å². The van der Waals surface area contributed by atoms with Crippen LogP contribution in [-0.2, 0) is 26.0 Å². The standard InChI is InChI=1S/C8H15NO3S2/c1-5(10)9-6(7(11)12-4)8(2,3)14-13/h6,13H,1-4H3,(H,9,10)/p-1. The topological polar surface area (TPSA) is 55.4 Å². The van der Waals surface area contributed by atoms with E-state index < -0.39 is 16.8 Å². The van der Waals surface area contributed by atoms with E-state index >= 15 is 0 Å². The van der Waals surface area contributed by atoms with Gasteiger partial charge in [-0.3, -0.25) is 4.79 Å². The monoisotopic (exact) mass is 236 g/mol. The number of carbonyl (C=O) groups is 2. The average molecular weight is 236 g/mol. The van der Waals surface area contributed by atoms with Crippen LogP contribution in [0.25, 0.3) is 0 Å². The molecule has 0 bridgehead atoms. The van der Waals surface area contributed by atoms with Gasteiger partial charge in [-0.25, -0.2) is 4.79 Å². The van der Waals surface area contributed by atoms with Gasteiger partial charge in [0.05, 0.1) is 7.11 Å². The first-order chi connectivity index (χ1) is 6.35. The smallest absolute Gasteiger partial charge is 0.329 e. The zero-order valence-electron chi connectivity index (χ0n) is 8.62. The van der Waals surface area contributed by atoms with Gasteiger partial charge in [0.1, 0.15) is 6.04 Å². The molecule has 0 aliphatic rings. The summed E-state index contributed by atoms with van der Waals surface area (Å²) in [6.07, 6.45) is 0. The fraction of sp³-hybridized carbons (Fsp3) is 0.750. The van der Waals surface area contributed by atoms with E-state index in [-0.39, 0.29) is 5.91 Å². The number of esters is 1. The van der Waals surface area contributed by atoms with E-state index in [1.807, 2.05) is 0 Å². The lowest BCUT2D eigenvalue weighted by Crippen LogP contribution is -2.52. The van der Waals surface area contributed by atoms with Gasteiger partial charge in [0.25, 0.3) is 0 Å². The van der Waals surface area contributed by atoms with Gasteiger partial charge in [-0.1, -0.05) is 0 Å². The van der Waals surface area contributed by atoms with E-state index in [9.17, 15) is 9.59 Å². The summed E-state index contributed by atoms with van der Waals surface area (Å²) in [5, 5.41) is 2.52. The maximum atomic E-state index is 11.4. The van der Waals surface area contributed by atoms with Crippen molar-refractivity contribution in [3.8, 4) is 0 Å². The highest BCUT2D eigenvalue weighted by Gasteiger charge is 2.33. The molecule has 0 aromatic carbocycles. The molecule has 0 rings (SSSR count). The van der Waals surface area contributed by atoms with Crippen molar-refractivity contribution < 1.29 is 14.3 Å². The largest absolute Gasteiger partial charge is 0.718 e. The van der Waals surface area contributed by atoms with Crippen molar-refractivity contribution in [1.29, 1.82) is 0 Å². The van der Waals surface area contributed by atoms with Crippen LogP contribution in [0.15, 0.2) is 0 Å². The molecular weight excluding hydrogens is 222 g/mol. The molecule has 0 radical (unpaired) electrons. The SMILES string of the molecule is COC(=O)C(NC(C)=O)C(C)(C)S[S-]. The Morgan fingerprint density at radius 1 is 1.50 bits per heavy atom. The quantitative estimate of drug-likeness (QED) is 0.441. The number of rotatable bonds is 4. The van der Waals surface area contributed by atoms with Crippen molar-refractivity contribution in [2.75, 3.05) is 7.11 Å². The van der Waals surface area contributed by atoms with Crippen molar-refractivity contribution in [2.45, 2.75) is 31.6 Å². The molecule has 1 N–H and O–H groups in total. The van der Waals surface area contributed by atoms with E-state index in [1.54, 1.807) is 13.8 Å². The van der Waals surface area contributed by atoms with Crippen molar-refractivity contribution in [2.24, 2.45) is 0 Å². The number of nitrogens with one attached hydrogen (secondary N) is 1. The second-order valence-corrected chi connectivity index (χ2v) is 5.06. The first kappa shape index (κ1) is 13.6. The Morgan fingerprint density at radius 2 is 2.00 bits per heavy atom. The van der Waals surface area contributed by atoms with Crippen molar-refractivity contribution in [3.05, 3.63) is 0 Å². The lowest BCUT2D eigenvalue weighted by atomic mass is 10.0. The van der Waals surface area contributed by atoms with Crippen molar-refractivity contribution in [1.82, 2.24) is 5.32 Å². The molecule has 14 heavy (non-hydrogen) atoms. The van der Waals surface area contributed by atoms with E-state index in [2.05, 4.69) is 10.1 Å². The number of methoxy groups -OCH3 is 1. The van der Waals surface area contributed by atoms with Gasteiger partial charge >= 0.3 is 5.97 Å². The minimum Gasteiger partial charge on any atom is -0.718 e. The molecule has 1 unspecified atom stereocenters. The molecule has 82 valence electrons. The van der Waals surface area contributed by atoms with Gasteiger partial charge in [0.2, 0.25) is 5.91 Å². The first-order valence-electron chi connectivity index (χ1n) is 4.01. The molecular formula is C8H14NO3S2-. The zero-order chi connectivity index (χ0) is 11.4. The van der Waals surface area contributed by atoms with E-state index in [0.29, 0.717) is 0 Å². The fourth-order valence-corrected chi connectivity index (χ4v) is 1.43. The van der Waals surface area contributed by atoms with Gasteiger partial charge in [-0.15, -0.1) is 0 Å². The summed E-state index contributed by atoms with van der Waals surface area (Å²) in [4.78, 5) is 22.2. The molecule has 0 aromatic heterocycles. The molecule has 0 aromatic rings. The first-order valence-corrected chi connectivity index (χ1v) is 5.75. The van der Waals surface area contributed by atoms with Crippen LogP contribution in [0.4, 0.5) is 0 Å². The van der Waals surface area contributed by atoms with Crippen LogP contribution < -0.4 is 5.32 Å². The molecule has 0 fully saturated rings. The number of hydrogen-bond acceptors (Lipinski definition) is 5. The average Bonchev–Trinajstić information content (AvgIpc) is 2.12. The van der Waals surface area contributed by atoms with E-state index in [1.165, 1.54) is 14.0 Å². The zero-order valence-corrected chi connectivity index (χ0v) is 10.3. The summed E-state index contributed by atoms with van der Waals surface area (Å²) < 4.78 is 4.03. The van der Waals surface area contributed by atoms with Crippen LogP contribution in [-0.4, -0.2) is 29.8 Å². The maximum absolute atomic E-state index is 11.4. The van der Waals surface area contributed by atoms with Gasteiger partial charge < -0.3 is 32.5 Å². The summed E-state index contributed by atoms with van der Waals surface area (Å²) >= 11 is 4.84. The lowest BCUT2D eigenvalue weighted by Gasteiger charge is -2.35. The normalized spacial score (nSPS) is 13.2. The molecule has 0 saturated heterocycles. The molecule has 1 atom stereocenters. The Hall–Kier alpha value is -0.360. The highest BCUT2D eigenvalue weighted by Crippen LogP contribution is 2.27. The third-order valence-corrected chi connectivity index (χ3v) is 3.65. The third-order valence-electron chi connectivity index (χ3n) is 1.69. The molecule has 0 saturated carbocycles. The number of ether oxygens (including phenoxy) is 1. The van der Waals surface area contributed by atoms with Crippen LogP contribution in [0.5, 0.6) is 0 Å². The summed E-state index contributed by atoms with van der Waals surface area (Å²) in [5.74, 6) is -0.764. The van der Waals surface area contributed by atoms with Gasteiger partial charge in [0, 0.05) is 11.7 Å². The number of amides is 1. The molecule has 1 amide bonds. The predicted octanol–water partition coefficient (Wildman–Crippen LogP) is 0.638. The Labute approximate surface area is 93.0 Å². The minimum absolute atomic E-state index is 0.280. The fourth-order valence-electron chi connectivity index (χ4n) is 0.886. The van der Waals surface area contributed by atoms with Gasteiger partial charge in [-0.05, 0) is 13.8 Å². The molecule has 0 aliphatic carbocycles. The molecule has 4 nitrogen and oxygen atoms in total. The van der Waals surface area contributed by atoms with E-state index in [0.717, 1.165) is 10.8 Å². The Bertz CT molecular complexity index is 231. The van der Waals surface area contributed by atoms with Gasteiger partial charge in [-0.2, -0.15) is 0 Å². The van der Waals surface area contributed by atoms with Gasteiger partial charge in [0.15, 0.2) is 0 Å². The predicted molar refractivity (Wildman–Crippen MR) is 58.7 cm³/mol. The Kier molecular flexibility index (Phi) is 5.36.